The van der Waals surface area contributed by atoms with E-state index in [1.165, 1.54) is 19.6 Å². The second-order valence-corrected chi connectivity index (χ2v) is 7.03. The first kappa shape index (κ1) is 13.9. The van der Waals surface area contributed by atoms with Gasteiger partial charge >= 0.3 is 0 Å². The van der Waals surface area contributed by atoms with Crippen molar-refractivity contribution in [1.82, 2.24) is 15.5 Å². The molecule has 0 bridgehead atoms. The third-order valence-electron chi connectivity index (χ3n) is 2.68. The highest BCUT2D eigenvalue weighted by Crippen LogP contribution is 2.11. The van der Waals surface area contributed by atoms with Crippen LogP contribution in [0.4, 0.5) is 0 Å². The molecule has 0 aromatic rings. The molecule has 0 radical (unpaired) electrons. The molecule has 0 spiro atoms. The van der Waals surface area contributed by atoms with Gasteiger partial charge in [0, 0.05) is 43.3 Å². The highest BCUT2D eigenvalue weighted by Gasteiger charge is 2.28. The number of rotatable bonds is 4. The van der Waals surface area contributed by atoms with Gasteiger partial charge in [-0.3, -0.25) is 4.90 Å². The minimum Gasteiger partial charge on any atom is -0.311 e. The summed E-state index contributed by atoms with van der Waals surface area (Å²) in [6, 6.07) is 0.689. The fourth-order valence-electron chi connectivity index (χ4n) is 2.05. The van der Waals surface area contributed by atoms with Gasteiger partial charge in [-0.05, 0) is 41.5 Å². The van der Waals surface area contributed by atoms with Crippen LogP contribution in [0.1, 0.15) is 41.5 Å². The van der Waals surface area contributed by atoms with E-state index in [0.717, 1.165) is 6.54 Å². The first-order valence-electron chi connectivity index (χ1n) is 6.41. The Morgan fingerprint density at radius 1 is 1.00 bits per heavy atom. The highest BCUT2D eigenvalue weighted by molar-refractivity contribution is 4.90. The zero-order valence-corrected chi connectivity index (χ0v) is 11.9. The lowest BCUT2D eigenvalue weighted by atomic mass is 10.0. The molecule has 1 rings (SSSR count). The van der Waals surface area contributed by atoms with Gasteiger partial charge in [0.05, 0.1) is 0 Å². The quantitative estimate of drug-likeness (QED) is 0.761. The van der Waals surface area contributed by atoms with E-state index in [1.54, 1.807) is 0 Å². The van der Waals surface area contributed by atoms with Crippen LogP contribution >= 0.6 is 0 Å². The SMILES string of the molecule is CC(C)(C)NCCN1CC(NC(C)(C)C)C1. The van der Waals surface area contributed by atoms with Gasteiger partial charge in [-0.15, -0.1) is 0 Å². The van der Waals surface area contributed by atoms with Gasteiger partial charge in [0.25, 0.3) is 0 Å². The van der Waals surface area contributed by atoms with Crippen molar-refractivity contribution in [2.24, 2.45) is 0 Å². The van der Waals surface area contributed by atoms with Crippen LogP contribution in [-0.4, -0.2) is 48.2 Å². The summed E-state index contributed by atoms with van der Waals surface area (Å²) in [7, 11) is 0. The fourth-order valence-corrected chi connectivity index (χ4v) is 2.05. The Bertz CT molecular complexity index is 203. The van der Waals surface area contributed by atoms with Gasteiger partial charge in [0.1, 0.15) is 0 Å². The zero-order valence-electron chi connectivity index (χ0n) is 11.9. The molecule has 1 aliphatic rings. The summed E-state index contributed by atoms with van der Waals surface area (Å²) in [5, 5.41) is 7.15. The van der Waals surface area contributed by atoms with Crippen LogP contribution in [0.5, 0.6) is 0 Å². The summed E-state index contributed by atoms with van der Waals surface area (Å²) in [4.78, 5) is 2.50. The van der Waals surface area contributed by atoms with Crippen molar-refractivity contribution in [3.05, 3.63) is 0 Å². The molecule has 1 aliphatic heterocycles. The topological polar surface area (TPSA) is 27.3 Å². The molecular formula is C13H29N3. The number of likely N-dealkylation sites (tertiary alicyclic amines) is 1. The molecule has 0 unspecified atom stereocenters. The Morgan fingerprint density at radius 2 is 1.56 bits per heavy atom. The van der Waals surface area contributed by atoms with E-state index < -0.39 is 0 Å². The van der Waals surface area contributed by atoms with Crippen molar-refractivity contribution in [3.8, 4) is 0 Å². The van der Waals surface area contributed by atoms with Gasteiger partial charge in [-0.1, -0.05) is 0 Å². The average Bonchev–Trinajstić information content (AvgIpc) is 1.94. The van der Waals surface area contributed by atoms with Crippen LogP contribution in [0.25, 0.3) is 0 Å². The second-order valence-electron chi connectivity index (χ2n) is 7.03. The Morgan fingerprint density at radius 3 is 2.00 bits per heavy atom. The maximum atomic E-state index is 3.63. The Labute approximate surface area is 101 Å². The molecule has 3 nitrogen and oxygen atoms in total. The van der Waals surface area contributed by atoms with Crippen molar-refractivity contribution in [1.29, 1.82) is 0 Å². The summed E-state index contributed by atoms with van der Waals surface area (Å²) >= 11 is 0. The zero-order chi connectivity index (χ0) is 12.4. The van der Waals surface area contributed by atoms with Gasteiger partial charge in [0.2, 0.25) is 0 Å². The van der Waals surface area contributed by atoms with Gasteiger partial charge in [-0.2, -0.15) is 0 Å². The lowest BCUT2D eigenvalue weighted by Crippen LogP contribution is -2.62. The maximum absolute atomic E-state index is 3.63. The van der Waals surface area contributed by atoms with E-state index in [4.69, 9.17) is 0 Å². The maximum Gasteiger partial charge on any atom is 0.0327 e. The summed E-state index contributed by atoms with van der Waals surface area (Å²) in [5.74, 6) is 0. The minimum atomic E-state index is 0.244. The Balaban J connectivity index is 2.04. The van der Waals surface area contributed by atoms with Crippen molar-refractivity contribution < 1.29 is 0 Å². The Hall–Kier alpha value is -0.120. The monoisotopic (exact) mass is 227 g/mol. The van der Waals surface area contributed by atoms with Crippen LogP contribution in [0.3, 0.4) is 0 Å². The van der Waals surface area contributed by atoms with Crippen LogP contribution in [-0.2, 0) is 0 Å². The summed E-state index contributed by atoms with van der Waals surface area (Å²) in [6.45, 7) is 18.0. The summed E-state index contributed by atoms with van der Waals surface area (Å²) < 4.78 is 0. The van der Waals surface area contributed by atoms with Crippen LogP contribution < -0.4 is 10.6 Å². The lowest BCUT2D eigenvalue weighted by Gasteiger charge is -2.43. The molecule has 0 aliphatic carbocycles. The van der Waals surface area contributed by atoms with Crippen LogP contribution in [0, 0.1) is 0 Å². The van der Waals surface area contributed by atoms with Gasteiger partial charge in [-0.25, -0.2) is 0 Å². The summed E-state index contributed by atoms with van der Waals surface area (Å²) in [6.07, 6.45) is 0. The number of hydrogen-bond acceptors (Lipinski definition) is 3. The van der Waals surface area contributed by atoms with E-state index in [0.29, 0.717) is 6.04 Å². The van der Waals surface area contributed by atoms with Crippen molar-refractivity contribution in [3.63, 3.8) is 0 Å². The standard InChI is InChI=1S/C13H29N3/c1-12(2,3)14-7-8-16-9-11(10-16)15-13(4,5)6/h11,14-15H,7-10H2,1-6H3. The second kappa shape index (κ2) is 5.03. The van der Waals surface area contributed by atoms with E-state index >= 15 is 0 Å². The molecule has 96 valence electrons. The van der Waals surface area contributed by atoms with E-state index in [9.17, 15) is 0 Å². The molecule has 0 saturated carbocycles. The molecule has 2 N–H and O–H groups in total. The molecule has 0 aromatic carbocycles. The number of nitrogens with one attached hydrogen (secondary N) is 2. The van der Waals surface area contributed by atoms with Crippen LogP contribution in [0.2, 0.25) is 0 Å². The molecule has 0 aromatic heterocycles. The average molecular weight is 227 g/mol. The molecule has 3 heteroatoms. The molecule has 0 amide bonds. The Kier molecular flexibility index (Phi) is 4.38. The number of hydrogen-bond donors (Lipinski definition) is 2. The van der Waals surface area contributed by atoms with Crippen molar-refractivity contribution >= 4 is 0 Å². The molecule has 16 heavy (non-hydrogen) atoms. The van der Waals surface area contributed by atoms with E-state index in [-0.39, 0.29) is 11.1 Å². The molecule has 1 fully saturated rings. The minimum absolute atomic E-state index is 0.244. The smallest absolute Gasteiger partial charge is 0.0327 e. The number of nitrogens with zero attached hydrogens (tertiary/aromatic N) is 1. The summed E-state index contributed by atoms with van der Waals surface area (Å²) in [5.41, 5.74) is 0.494. The third kappa shape index (κ3) is 5.83. The van der Waals surface area contributed by atoms with Crippen molar-refractivity contribution in [2.45, 2.75) is 58.7 Å². The first-order chi connectivity index (χ1) is 7.16. The highest BCUT2D eigenvalue weighted by atomic mass is 15.3. The lowest BCUT2D eigenvalue weighted by molar-refractivity contribution is 0.107. The molecule has 0 atom stereocenters. The van der Waals surface area contributed by atoms with E-state index in [2.05, 4.69) is 57.1 Å². The van der Waals surface area contributed by atoms with Gasteiger partial charge in [0.15, 0.2) is 0 Å². The van der Waals surface area contributed by atoms with Crippen LogP contribution in [0.15, 0.2) is 0 Å². The molecule has 1 heterocycles. The largest absolute Gasteiger partial charge is 0.311 e. The molecular weight excluding hydrogens is 198 g/mol. The van der Waals surface area contributed by atoms with Gasteiger partial charge < -0.3 is 10.6 Å². The normalized spacial score (nSPS) is 19.9. The fraction of sp³-hybridized carbons (Fsp3) is 1.00. The predicted molar refractivity (Wildman–Crippen MR) is 70.9 cm³/mol. The van der Waals surface area contributed by atoms with E-state index in [1.807, 2.05) is 0 Å². The predicted octanol–water partition coefficient (Wildman–Crippen LogP) is 1.45. The molecule has 1 saturated heterocycles. The first-order valence-corrected chi connectivity index (χ1v) is 6.41. The third-order valence-corrected chi connectivity index (χ3v) is 2.68. The van der Waals surface area contributed by atoms with Crippen molar-refractivity contribution in [2.75, 3.05) is 26.2 Å².